The van der Waals surface area contributed by atoms with Gasteiger partial charge in [0, 0.05) is 38.9 Å². The first kappa shape index (κ1) is 16.1. The van der Waals surface area contributed by atoms with Crippen molar-refractivity contribution >= 4 is 32.6 Å². The molecule has 0 N–H and O–H groups in total. The van der Waals surface area contributed by atoms with Gasteiger partial charge in [-0.1, -0.05) is 17.4 Å². The van der Waals surface area contributed by atoms with Crippen molar-refractivity contribution in [3.8, 4) is 0 Å². The predicted molar refractivity (Wildman–Crippen MR) is 100 cm³/mol. The number of aryl methyl sites for hydroxylation is 2. The van der Waals surface area contributed by atoms with Gasteiger partial charge in [0.05, 0.1) is 22.0 Å². The molecule has 3 heterocycles. The van der Waals surface area contributed by atoms with Crippen molar-refractivity contribution < 1.29 is 4.79 Å². The average Bonchev–Trinajstić information content (AvgIpc) is 3.20. The van der Waals surface area contributed by atoms with Gasteiger partial charge in [0.2, 0.25) is 0 Å². The number of benzene rings is 1. The van der Waals surface area contributed by atoms with Gasteiger partial charge >= 0.3 is 0 Å². The van der Waals surface area contributed by atoms with Gasteiger partial charge in [-0.3, -0.25) is 9.48 Å². The lowest BCUT2D eigenvalue weighted by Gasteiger charge is -2.39. The van der Waals surface area contributed by atoms with Crippen LogP contribution in [0.1, 0.15) is 22.8 Å². The van der Waals surface area contributed by atoms with Crippen molar-refractivity contribution in [2.75, 3.05) is 24.5 Å². The van der Waals surface area contributed by atoms with Crippen LogP contribution in [0.25, 0.3) is 10.2 Å². The Balaban J connectivity index is 1.51. The van der Waals surface area contributed by atoms with Crippen molar-refractivity contribution in [3.05, 3.63) is 41.7 Å². The zero-order chi connectivity index (χ0) is 17.6. The summed E-state index contributed by atoms with van der Waals surface area (Å²) in [6.45, 7) is 6.49. The third-order valence-electron chi connectivity index (χ3n) is 4.64. The molecule has 1 amide bonds. The fourth-order valence-electron chi connectivity index (χ4n) is 3.29. The first-order valence-corrected chi connectivity index (χ1v) is 9.24. The summed E-state index contributed by atoms with van der Waals surface area (Å²) in [5.74, 6) is 0.0557. The molecule has 3 aromatic rings. The van der Waals surface area contributed by atoms with Gasteiger partial charge in [-0.15, -0.1) is 0 Å². The Morgan fingerprint density at radius 2 is 2.16 bits per heavy atom. The van der Waals surface area contributed by atoms with Crippen LogP contribution in [0.15, 0.2) is 30.6 Å². The smallest absolute Gasteiger partial charge is 0.257 e. The van der Waals surface area contributed by atoms with E-state index in [1.807, 2.05) is 11.9 Å². The monoisotopic (exact) mass is 355 g/mol. The lowest BCUT2D eigenvalue weighted by atomic mass is 10.1. The van der Waals surface area contributed by atoms with Gasteiger partial charge in [-0.05, 0) is 31.5 Å². The molecule has 1 aliphatic heterocycles. The second kappa shape index (κ2) is 6.15. The van der Waals surface area contributed by atoms with E-state index in [1.54, 1.807) is 28.4 Å². The standard InChI is InChI=1S/C18H21N5OS/c1-12-4-5-15-16(8-12)25-18(20-15)22-6-7-23(13(2)10-22)17(24)14-9-19-21(3)11-14/h4-5,8-9,11,13H,6-7,10H2,1-3H3. The highest BCUT2D eigenvalue weighted by molar-refractivity contribution is 7.22. The number of amides is 1. The van der Waals surface area contributed by atoms with Crippen LogP contribution in [0.5, 0.6) is 0 Å². The highest BCUT2D eigenvalue weighted by atomic mass is 32.1. The number of rotatable bonds is 2. The summed E-state index contributed by atoms with van der Waals surface area (Å²) in [7, 11) is 1.83. The number of anilines is 1. The van der Waals surface area contributed by atoms with Gasteiger partial charge in [0.15, 0.2) is 5.13 Å². The van der Waals surface area contributed by atoms with Crippen molar-refractivity contribution in [3.63, 3.8) is 0 Å². The normalized spacial score (nSPS) is 18.1. The fourth-order valence-corrected chi connectivity index (χ4v) is 4.38. The van der Waals surface area contributed by atoms with Crippen LogP contribution < -0.4 is 4.90 Å². The molecule has 1 atom stereocenters. The van der Waals surface area contributed by atoms with Crippen LogP contribution in [0.2, 0.25) is 0 Å². The average molecular weight is 355 g/mol. The highest BCUT2D eigenvalue weighted by Gasteiger charge is 2.30. The number of carbonyl (C=O) groups excluding carboxylic acids is 1. The van der Waals surface area contributed by atoms with E-state index in [9.17, 15) is 4.79 Å². The summed E-state index contributed by atoms with van der Waals surface area (Å²) < 4.78 is 2.88. The molecule has 1 fully saturated rings. The summed E-state index contributed by atoms with van der Waals surface area (Å²) in [5, 5.41) is 5.14. The van der Waals surface area contributed by atoms with E-state index in [-0.39, 0.29) is 11.9 Å². The van der Waals surface area contributed by atoms with Gasteiger partial charge in [0.25, 0.3) is 5.91 Å². The largest absolute Gasteiger partial charge is 0.344 e. The molecule has 7 heteroatoms. The number of thiazole rings is 1. The number of hydrogen-bond acceptors (Lipinski definition) is 5. The molecular formula is C18H21N5OS. The molecule has 1 unspecified atom stereocenters. The highest BCUT2D eigenvalue weighted by Crippen LogP contribution is 2.31. The molecule has 0 spiro atoms. The maximum atomic E-state index is 12.7. The number of piperazine rings is 1. The first-order chi connectivity index (χ1) is 12.0. The lowest BCUT2D eigenvalue weighted by Crippen LogP contribution is -2.54. The van der Waals surface area contributed by atoms with Crippen molar-refractivity contribution in [2.24, 2.45) is 7.05 Å². The van der Waals surface area contributed by atoms with Crippen molar-refractivity contribution in [1.29, 1.82) is 0 Å². The van der Waals surface area contributed by atoms with E-state index in [4.69, 9.17) is 4.98 Å². The van der Waals surface area contributed by atoms with Crippen LogP contribution >= 0.6 is 11.3 Å². The molecule has 1 aliphatic rings. The number of carbonyl (C=O) groups is 1. The number of fused-ring (bicyclic) bond motifs is 1. The summed E-state index contributed by atoms with van der Waals surface area (Å²) in [5.41, 5.74) is 2.95. The van der Waals surface area contributed by atoms with Crippen LogP contribution in [0.4, 0.5) is 5.13 Å². The zero-order valence-corrected chi connectivity index (χ0v) is 15.5. The van der Waals surface area contributed by atoms with E-state index in [2.05, 4.69) is 42.0 Å². The second-order valence-electron chi connectivity index (χ2n) is 6.66. The summed E-state index contributed by atoms with van der Waals surface area (Å²) >= 11 is 1.73. The van der Waals surface area contributed by atoms with Gasteiger partial charge < -0.3 is 9.80 Å². The Labute approximate surface area is 150 Å². The van der Waals surface area contributed by atoms with E-state index in [0.717, 1.165) is 23.7 Å². The Bertz CT molecular complexity index is 931. The lowest BCUT2D eigenvalue weighted by molar-refractivity contribution is 0.0674. The minimum absolute atomic E-state index is 0.0557. The molecule has 0 saturated carbocycles. The Morgan fingerprint density at radius 1 is 1.32 bits per heavy atom. The zero-order valence-electron chi connectivity index (χ0n) is 14.6. The van der Waals surface area contributed by atoms with E-state index >= 15 is 0 Å². The molecule has 4 rings (SSSR count). The van der Waals surface area contributed by atoms with Crippen LogP contribution in [-0.2, 0) is 7.05 Å². The fraction of sp³-hybridized carbons (Fsp3) is 0.389. The van der Waals surface area contributed by atoms with E-state index in [0.29, 0.717) is 12.1 Å². The molecule has 1 aromatic carbocycles. The summed E-state index contributed by atoms with van der Waals surface area (Å²) in [6, 6.07) is 6.49. The Kier molecular flexibility index (Phi) is 3.95. The molecule has 0 aliphatic carbocycles. The number of hydrogen-bond donors (Lipinski definition) is 0. The minimum Gasteiger partial charge on any atom is -0.344 e. The van der Waals surface area contributed by atoms with Crippen molar-refractivity contribution in [2.45, 2.75) is 19.9 Å². The quantitative estimate of drug-likeness (QED) is 0.709. The molecule has 130 valence electrons. The number of nitrogens with zero attached hydrogens (tertiary/aromatic N) is 5. The molecule has 25 heavy (non-hydrogen) atoms. The Hall–Kier alpha value is -2.41. The van der Waals surface area contributed by atoms with Crippen LogP contribution in [0.3, 0.4) is 0 Å². The van der Waals surface area contributed by atoms with Crippen LogP contribution in [-0.4, -0.2) is 51.2 Å². The molecule has 2 aromatic heterocycles. The maximum absolute atomic E-state index is 12.7. The molecular weight excluding hydrogens is 334 g/mol. The molecule has 1 saturated heterocycles. The van der Waals surface area contributed by atoms with E-state index in [1.165, 1.54) is 10.3 Å². The second-order valence-corrected chi connectivity index (χ2v) is 7.67. The first-order valence-electron chi connectivity index (χ1n) is 8.43. The molecule has 6 nitrogen and oxygen atoms in total. The minimum atomic E-state index is 0.0557. The maximum Gasteiger partial charge on any atom is 0.257 e. The third-order valence-corrected chi connectivity index (χ3v) is 5.72. The topological polar surface area (TPSA) is 54.3 Å². The SMILES string of the molecule is Cc1ccc2nc(N3CCN(C(=O)c4cnn(C)c4)C(C)C3)sc2c1. The Morgan fingerprint density at radius 3 is 2.88 bits per heavy atom. The summed E-state index contributed by atoms with van der Waals surface area (Å²) in [4.78, 5) is 21.7. The molecule has 0 radical (unpaired) electrons. The predicted octanol–water partition coefficient (Wildman–Crippen LogP) is 2.69. The summed E-state index contributed by atoms with van der Waals surface area (Å²) in [6.07, 6.45) is 3.41. The van der Waals surface area contributed by atoms with Gasteiger partial charge in [-0.25, -0.2) is 4.98 Å². The van der Waals surface area contributed by atoms with Crippen molar-refractivity contribution in [1.82, 2.24) is 19.7 Å². The molecule has 0 bridgehead atoms. The van der Waals surface area contributed by atoms with Crippen LogP contribution in [0, 0.1) is 6.92 Å². The van der Waals surface area contributed by atoms with Gasteiger partial charge in [0.1, 0.15) is 0 Å². The number of aromatic nitrogens is 3. The van der Waals surface area contributed by atoms with Gasteiger partial charge in [-0.2, -0.15) is 5.10 Å². The third kappa shape index (κ3) is 3.00. The van der Waals surface area contributed by atoms with E-state index < -0.39 is 0 Å².